The van der Waals surface area contributed by atoms with E-state index in [1.165, 1.54) is 19.4 Å². The van der Waals surface area contributed by atoms with E-state index in [0.29, 0.717) is 6.04 Å². The summed E-state index contributed by atoms with van der Waals surface area (Å²) in [5.74, 6) is 0.995. The number of nitrogens with two attached hydrogens (primary N) is 1. The molecule has 0 radical (unpaired) electrons. The summed E-state index contributed by atoms with van der Waals surface area (Å²) in [5.41, 5.74) is 6.34. The van der Waals surface area contributed by atoms with Crippen LogP contribution in [-0.4, -0.2) is 43.1 Å². The van der Waals surface area contributed by atoms with Gasteiger partial charge in [-0.05, 0) is 38.6 Å². The van der Waals surface area contributed by atoms with Gasteiger partial charge in [0.1, 0.15) is 5.82 Å². The summed E-state index contributed by atoms with van der Waals surface area (Å²) in [6.07, 6.45) is 4.31. The molecule has 16 heavy (non-hydrogen) atoms. The number of hydrogen-bond donors (Lipinski definition) is 1. The second kappa shape index (κ2) is 4.70. The van der Waals surface area contributed by atoms with Gasteiger partial charge in [0, 0.05) is 19.6 Å². The van der Waals surface area contributed by atoms with E-state index in [0.717, 1.165) is 18.1 Å². The van der Waals surface area contributed by atoms with Crippen molar-refractivity contribution in [2.24, 2.45) is 0 Å². The van der Waals surface area contributed by atoms with Crippen LogP contribution >= 0.6 is 0 Å². The van der Waals surface area contributed by atoms with E-state index in [1.807, 2.05) is 12.1 Å². The third-order valence-electron chi connectivity index (χ3n) is 3.32. The lowest BCUT2D eigenvalue weighted by Crippen LogP contribution is -2.36. The van der Waals surface area contributed by atoms with Gasteiger partial charge in [0.15, 0.2) is 0 Å². The van der Waals surface area contributed by atoms with Gasteiger partial charge in [0.05, 0.1) is 11.9 Å². The summed E-state index contributed by atoms with van der Waals surface area (Å²) >= 11 is 0. The normalized spacial score (nSPS) is 21.2. The first-order valence-corrected chi connectivity index (χ1v) is 5.80. The predicted molar refractivity (Wildman–Crippen MR) is 67.6 cm³/mol. The van der Waals surface area contributed by atoms with Crippen molar-refractivity contribution >= 4 is 11.5 Å². The van der Waals surface area contributed by atoms with Crippen molar-refractivity contribution in [3.05, 3.63) is 18.3 Å². The van der Waals surface area contributed by atoms with E-state index in [2.05, 4.69) is 28.9 Å². The molecule has 1 saturated heterocycles. The lowest BCUT2D eigenvalue weighted by atomic mass is 10.2. The Kier molecular flexibility index (Phi) is 3.29. The highest BCUT2D eigenvalue weighted by Gasteiger charge is 2.22. The Bertz CT molecular complexity index is 335. The molecule has 4 nitrogen and oxygen atoms in total. The smallest absolute Gasteiger partial charge is 0.128 e. The monoisotopic (exact) mass is 220 g/mol. The number of nitrogens with zero attached hydrogens (tertiary/aromatic N) is 3. The quantitative estimate of drug-likeness (QED) is 0.831. The lowest BCUT2D eigenvalue weighted by molar-refractivity contribution is 0.314. The zero-order valence-electron chi connectivity index (χ0n) is 10.1. The predicted octanol–water partition coefficient (Wildman–Crippen LogP) is 1.19. The average Bonchev–Trinajstić information content (AvgIpc) is 2.65. The molecule has 0 bridgehead atoms. The van der Waals surface area contributed by atoms with E-state index in [4.69, 9.17) is 5.73 Å². The summed E-state index contributed by atoms with van der Waals surface area (Å²) in [6.45, 7) is 2.25. The molecule has 0 amide bonds. The van der Waals surface area contributed by atoms with E-state index < -0.39 is 0 Å². The zero-order valence-corrected chi connectivity index (χ0v) is 10.1. The first-order valence-electron chi connectivity index (χ1n) is 5.80. The van der Waals surface area contributed by atoms with Crippen molar-refractivity contribution in [2.45, 2.75) is 18.9 Å². The highest BCUT2D eigenvalue weighted by Crippen LogP contribution is 2.18. The number of likely N-dealkylation sites (tertiary alicyclic amines) is 1. The molecule has 1 atom stereocenters. The molecule has 2 N–H and O–H groups in total. The summed E-state index contributed by atoms with van der Waals surface area (Å²) in [6, 6.07) is 4.53. The first-order chi connectivity index (χ1) is 7.66. The molecule has 2 rings (SSSR count). The van der Waals surface area contributed by atoms with Gasteiger partial charge >= 0.3 is 0 Å². The Morgan fingerprint density at radius 3 is 2.94 bits per heavy atom. The van der Waals surface area contributed by atoms with Crippen LogP contribution in [0.15, 0.2) is 18.3 Å². The third-order valence-corrected chi connectivity index (χ3v) is 3.32. The second-order valence-corrected chi connectivity index (χ2v) is 4.61. The number of pyridine rings is 1. The maximum absolute atomic E-state index is 5.62. The van der Waals surface area contributed by atoms with E-state index in [-0.39, 0.29) is 0 Å². The molecule has 0 spiro atoms. The molecule has 0 aromatic carbocycles. The average molecular weight is 220 g/mol. The molecule has 1 fully saturated rings. The van der Waals surface area contributed by atoms with E-state index in [9.17, 15) is 0 Å². The molecule has 1 aromatic heterocycles. The van der Waals surface area contributed by atoms with Crippen LogP contribution in [-0.2, 0) is 0 Å². The van der Waals surface area contributed by atoms with Crippen LogP contribution < -0.4 is 10.6 Å². The molecule has 1 aliphatic heterocycles. The van der Waals surface area contributed by atoms with Crippen molar-refractivity contribution in [2.75, 3.05) is 37.8 Å². The van der Waals surface area contributed by atoms with Crippen LogP contribution in [0.3, 0.4) is 0 Å². The summed E-state index contributed by atoms with van der Waals surface area (Å²) in [4.78, 5) is 8.95. The Balaban J connectivity index is 1.97. The fraction of sp³-hybridized carbons (Fsp3) is 0.583. The molecule has 1 aromatic rings. The molecule has 1 unspecified atom stereocenters. The fourth-order valence-electron chi connectivity index (χ4n) is 2.24. The van der Waals surface area contributed by atoms with Crippen molar-refractivity contribution < 1.29 is 0 Å². The van der Waals surface area contributed by atoms with Gasteiger partial charge in [-0.3, -0.25) is 0 Å². The van der Waals surface area contributed by atoms with Crippen LogP contribution in [0.5, 0.6) is 0 Å². The number of likely N-dealkylation sites (N-methyl/N-ethyl adjacent to an activating group) is 2. The SMILES string of the molecule is CN(CC1CCCN1C)c1ccc(N)cn1. The molecular weight excluding hydrogens is 200 g/mol. The molecular formula is C12H20N4. The van der Waals surface area contributed by atoms with Crippen LogP contribution in [0.2, 0.25) is 0 Å². The molecule has 0 aliphatic carbocycles. The Morgan fingerprint density at radius 2 is 2.38 bits per heavy atom. The molecule has 88 valence electrons. The van der Waals surface area contributed by atoms with Gasteiger partial charge in [-0.25, -0.2) is 4.98 Å². The molecule has 1 aliphatic rings. The molecule has 4 heteroatoms. The molecule has 0 saturated carbocycles. The number of hydrogen-bond acceptors (Lipinski definition) is 4. The second-order valence-electron chi connectivity index (χ2n) is 4.61. The summed E-state index contributed by atoms with van der Waals surface area (Å²) < 4.78 is 0. The lowest BCUT2D eigenvalue weighted by Gasteiger charge is -2.26. The maximum Gasteiger partial charge on any atom is 0.128 e. The number of rotatable bonds is 3. The summed E-state index contributed by atoms with van der Waals surface area (Å²) in [5, 5.41) is 0. The molecule has 2 heterocycles. The minimum atomic E-state index is 0.657. The standard InChI is InChI=1S/C12H20N4/c1-15-7-3-4-11(15)9-16(2)12-6-5-10(13)8-14-12/h5-6,8,11H,3-4,7,9,13H2,1-2H3. The van der Waals surface area contributed by atoms with Gasteiger partial charge in [-0.1, -0.05) is 0 Å². The zero-order chi connectivity index (χ0) is 11.5. The minimum absolute atomic E-state index is 0.657. The van der Waals surface area contributed by atoms with Crippen LogP contribution in [0.1, 0.15) is 12.8 Å². The topological polar surface area (TPSA) is 45.4 Å². The minimum Gasteiger partial charge on any atom is -0.397 e. The van der Waals surface area contributed by atoms with E-state index >= 15 is 0 Å². The number of aromatic nitrogens is 1. The Labute approximate surface area is 97.1 Å². The highest BCUT2D eigenvalue weighted by molar-refractivity contribution is 5.45. The van der Waals surface area contributed by atoms with Crippen molar-refractivity contribution in [3.63, 3.8) is 0 Å². The Morgan fingerprint density at radius 1 is 1.56 bits per heavy atom. The van der Waals surface area contributed by atoms with Gasteiger partial charge < -0.3 is 15.5 Å². The highest BCUT2D eigenvalue weighted by atomic mass is 15.2. The number of nitrogen functional groups attached to an aromatic ring is 1. The van der Waals surface area contributed by atoms with Crippen molar-refractivity contribution in [1.29, 1.82) is 0 Å². The van der Waals surface area contributed by atoms with Gasteiger partial charge in [0.25, 0.3) is 0 Å². The third kappa shape index (κ3) is 2.44. The summed E-state index contributed by atoms with van der Waals surface area (Å²) in [7, 11) is 4.28. The van der Waals surface area contributed by atoms with Gasteiger partial charge in [-0.15, -0.1) is 0 Å². The number of anilines is 2. The maximum atomic E-state index is 5.62. The van der Waals surface area contributed by atoms with Gasteiger partial charge in [-0.2, -0.15) is 0 Å². The van der Waals surface area contributed by atoms with Crippen LogP contribution in [0.25, 0.3) is 0 Å². The Hall–Kier alpha value is -1.29. The first kappa shape index (κ1) is 11.2. The van der Waals surface area contributed by atoms with Gasteiger partial charge in [0.2, 0.25) is 0 Å². The van der Waals surface area contributed by atoms with Crippen molar-refractivity contribution in [1.82, 2.24) is 9.88 Å². The van der Waals surface area contributed by atoms with Crippen molar-refractivity contribution in [3.8, 4) is 0 Å². The van der Waals surface area contributed by atoms with Crippen LogP contribution in [0, 0.1) is 0 Å². The van der Waals surface area contributed by atoms with E-state index in [1.54, 1.807) is 6.20 Å². The largest absolute Gasteiger partial charge is 0.397 e. The fourth-order valence-corrected chi connectivity index (χ4v) is 2.24. The van der Waals surface area contributed by atoms with Crippen LogP contribution in [0.4, 0.5) is 11.5 Å².